The maximum atomic E-state index is 12.1. The minimum atomic E-state index is -0.180. The molecule has 90 valence electrons. The minimum Gasteiger partial charge on any atom is -0.507 e. The fraction of sp³-hybridized carbons (Fsp3) is 0.333. The summed E-state index contributed by atoms with van der Waals surface area (Å²) in [4.78, 5) is 13.7. The highest BCUT2D eigenvalue weighted by Crippen LogP contribution is 2.19. The molecule has 0 spiro atoms. The van der Waals surface area contributed by atoms with Crippen molar-refractivity contribution in [2.24, 2.45) is 5.16 Å². The number of likely N-dealkylation sites (tertiary alicyclic amines) is 1. The molecule has 0 saturated carbocycles. The van der Waals surface area contributed by atoms with Crippen LogP contribution in [0.25, 0.3) is 0 Å². The molecule has 1 aromatic rings. The van der Waals surface area contributed by atoms with Crippen molar-refractivity contribution in [1.29, 1.82) is 0 Å². The highest BCUT2D eigenvalue weighted by atomic mass is 16.4. The number of hydrogen-bond donors (Lipinski definition) is 2. The summed E-state index contributed by atoms with van der Waals surface area (Å²) in [5.41, 5.74) is 1.03. The van der Waals surface area contributed by atoms with E-state index in [-0.39, 0.29) is 11.7 Å². The first-order valence-corrected chi connectivity index (χ1v) is 5.49. The predicted octanol–water partition coefficient (Wildman–Crippen LogP) is 1.46. The number of amides is 1. The van der Waals surface area contributed by atoms with E-state index in [2.05, 4.69) is 5.16 Å². The first kappa shape index (κ1) is 11.4. The lowest BCUT2D eigenvalue weighted by Gasteiger charge is -2.27. The number of aromatic hydroxyl groups is 1. The van der Waals surface area contributed by atoms with Crippen LogP contribution in [0.4, 0.5) is 0 Å². The van der Waals surface area contributed by atoms with Crippen LogP contribution in [0.1, 0.15) is 23.2 Å². The average molecular weight is 234 g/mol. The fourth-order valence-corrected chi connectivity index (χ4v) is 1.89. The van der Waals surface area contributed by atoms with E-state index >= 15 is 0 Å². The van der Waals surface area contributed by atoms with Crippen molar-refractivity contribution >= 4 is 11.6 Å². The van der Waals surface area contributed by atoms with Gasteiger partial charge in [0.25, 0.3) is 5.91 Å². The second-order valence-corrected chi connectivity index (χ2v) is 3.98. The molecule has 5 heteroatoms. The molecule has 5 nitrogen and oxygen atoms in total. The van der Waals surface area contributed by atoms with Crippen molar-refractivity contribution in [1.82, 2.24) is 4.90 Å². The summed E-state index contributed by atoms with van der Waals surface area (Å²) in [5.74, 6) is -0.181. The van der Waals surface area contributed by atoms with Gasteiger partial charge in [0.1, 0.15) is 5.75 Å². The van der Waals surface area contributed by atoms with Gasteiger partial charge in [0.2, 0.25) is 0 Å². The second kappa shape index (κ2) is 4.86. The monoisotopic (exact) mass is 234 g/mol. The van der Waals surface area contributed by atoms with Gasteiger partial charge in [-0.15, -0.1) is 0 Å². The zero-order chi connectivity index (χ0) is 12.3. The largest absolute Gasteiger partial charge is 0.507 e. The molecule has 1 aliphatic heterocycles. The van der Waals surface area contributed by atoms with E-state index in [1.54, 1.807) is 23.1 Å². The standard InChI is InChI=1S/C12H14N2O3/c15-11-4-2-1-3-10(11)12(16)14-7-5-9(13-17)6-8-14/h1-4,15,17H,5-8H2. The molecule has 1 aliphatic rings. The summed E-state index contributed by atoms with van der Waals surface area (Å²) in [6.07, 6.45) is 1.16. The number of hydrogen-bond acceptors (Lipinski definition) is 4. The highest BCUT2D eigenvalue weighted by Gasteiger charge is 2.22. The predicted molar refractivity (Wildman–Crippen MR) is 62.5 cm³/mol. The topological polar surface area (TPSA) is 73.1 Å². The van der Waals surface area contributed by atoms with Crippen molar-refractivity contribution < 1.29 is 15.1 Å². The average Bonchev–Trinajstić information content (AvgIpc) is 2.39. The van der Waals surface area contributed by atoms with Crippen LogP contribution in [-0.2, 0) is 0 Å². The zero-order valence-electron chi connectivity index (χ0n) is 9.33. The number of piperidine rings is 1. The van der Waals surface area contributed by atoms with Crippen LogP contribution in [0.5, 0.6) is 5.75 Å². The van der Waals surface area contributed by atoms with Gasteiger partial charge in [-0.1, -0.05) is 17.3 Å². The third-order valence-corrected chi connectivity index (χ3v) is 2.90. The van der Waals surface area contributed by atoms with Gasteiger partial charge in [-0.3, -0.25) is 4.79 Å². The lowest BCUT2D eigenvalue weighted by molar-refractivity contribution is 0.0750. The number of oxime groups is 1. The summed E-state index contributed by atoms with van der Waals surface area (Å²) < 4.78 is 0. The van der Waals surface area contributed by atoms with Crippen LogP contribution in [-0.4, -0.2) is 39.9 Å². The maximum absolute atomic E-state index is 12.1. The first-order chi connectivity index (χ1) is 8.22. The van der Waals surface area contributed by atoms with Crippen molar-refractivity contribution in [2.45, 2.75) is 12.8 Å². The summed E-state index contributed by atoms with van der Waals surface area (Å²) in [7, 11) is 0. The maximum Gasteiger partial charge on any atom is 0.257 e. The molecule has 0 bridgehead atoms. The van der Waals surface area contributed by atoms with Gasteiger partial charge >= 0.3 is 0 Å². The molecule has 1 saturated heterocycles. The lowest BCUT2D eigenvalue weighted by atomic mass is 10.1. The quantitative estimate of drug-likeness (QED) is 0.570. The normalized spacial score (nSPS) is 15.8. The number of carbonyl (C=O) groups is 1. The molecule has 0 atom stereocenters. The molecule has 0 unspecified atom stereocenters. The Balaban J connectivity index is 2.10. The minimum absolute atomic E-state index is 0.000813. The lowest BCUT2D eigenvalue weighted by Crippen LogP contribution is -2.38. The summed E-state index contributed by atoms with van der Waals surface area (Å²) in [5, 5.41) is 21.4. The van der Waals surface area contributed by atoms with Crippen molar-refractivity contribution in [2.75, 3.05) is 13.1 Å². The van der Waals surface area contributed by atoms with E-state index in [1.807, 2.05) is 0 Å². The molecule has 0 aromatic heterocycles. The van der Waals surface area contributed by atoms with Crippen molar-refractivity contribution in [3.8, 4) is 5.75 Å². The molecular formula is C12H14N2O3. The summed E-state index contributed by atoms with van der Waals surface area (Å²) >= 11 is 0. The van der Waals surface area contributed by atoms with Gasteiger partial charge in [-0.2, -0.15) is 0 Å². The van der Waals surface area contributed by atoms with E-state index in [0.717, 1.165) is 0 Å². The molecule has 1 fully saturated rings. The first-order valence-electron chi connectivity index (χ1n) is 5.49. The Morgan fingerprint density at radius 3 is 2.47 bits per heavy atom. The molecule has 1 aromatic carbocycles. The Kier molecular flexibility index (Phi) is 3.27. The molecule has 2 rings (SSSR count). The van der Waals surface area contributed by atoms with Crippen molar-refractivity contribution in [3.63, 3.8) is 0 Å². The Labute approximate surface area is 99.0 Å². The highest BCUT2D eigenvalue weighted by molar-refractivity contribution is 5.98. The van der Waals surface area contributed by atoms with E-state index in [4.69, 9.17) is 5.21 Å². The molecule has 17 heavy (non-hydrogen) atoms. The SMILES string of the molecule is O=C(c1ccccc1O)N1CCC(=NO)CC1. The van der Waals surface area contributed by atoms with E-state index < -0.39 is 0 Å². The van der Waals surface area contributed by atoms with Gasteiger partial charge in [-0.05, 0) is 12.1 Å². The van der Waals surface area contributed by atoms with E-state index in [1.165, 1.54) is 6.07 Å². The molecule has 2 N–H and O–H groups in total. The van der Waals surface area contributed by atoms with Crippen LogP contribution in [0.15, 0.2) is 29.4 Å². The third kappa shape index (κ3) is 2.38. The Hall–Kier alpha value is -2.04. The molecule has 0 radical (unpaired) electrons. The second-order valence-electron chi connectivity index (χ2n) is 3.98. The number of benzene rings is 1. The number of carbonyl (C=O) groups excluding carboxylic acids is 1. The van der Waals surface area contributed by atoms with Gasteiger partial charge in [0, 0.05) is 25.9 Å². The molecular weight excluding hydrogens is 220 g/mol. The van der Waals surface area contributed by atoms with Gasteiger partial charge in [-0.25, -0.2) is 0 Å². The Bertz CT molecular complexity index is 447. The van der Waals surface area contributed by atoms with Crippen LogP contribution in [0.3, 0.4) is 0 Å². The van der Waals surface area contributed by atoms with Crippen LogP contribution >= 0.6 is 0 Å². The third-order valence-electron chi connectivity index (χ3n) is 2.90. The number of rotatable bonds is 1. The molecule has 0 aliphatic carbocycles. The number of phenolic OH excluding ortho intramolecular Hbond substituents is 1. The van der Waals surface area contributed by atoms with Crippen LogP contribution < -0.4 is 0 Å². The van der Waals surface area contributed by atoms with E-state index in [9.17, 15) is 9.90 Å². The molecule has 1 amide bonds. The van der Waals surface area contributed by atoms with Gasteiger partial charge in [0.15, 0.2) is 0 Å². The number of nitrogens with zero attached hydrogens (tertiary/aromatic N) is 2. The molecule has 1 heterocycles. The van der Waals surface area contributed by atoms with E-state index in [0.29, 0.717) is 37.2 Å². The van der Waals surface area contributed by atoms with Gasteiger partial charge < -0.3 is 15.2 Å². The number of phenols is 1. The van der Waals surface area contributed by atoms with Crippen LogP contribution in [0.2, 0.25) is 0 Å². The zero-order valence-corrected chi connectivity index (χ0v) is 9.33. The van der Waals surface area contributed by atoms with Crippen molar-refractivity contribution in [3.05, 3.63) is 29.8 Å². The smallest absolute Gasteiger partial charge is 0.257 e. The fourth-order valence-electron chi connectivity index (χ4n) is 1.89. The van der Waals surface area contributed by atoms with Gasteiger partial charge in [0.05, 0.1) is 11.3 Å². The summed E-state index contributed by atoms with van der Waals surface area (Å²) in [6.45, 7) is 1.04. The van der Waals surface area contributed by atoms with Crippen LogP contribution in [0, 0.1) is 0 Å². The summed E-state index contributed by atoms with van der Waals surface area (Å²) in [6, 6.07) is 6.50. The Morgan fingerprint density at radius 1 is 1.24 bits per heavy atom. The number of para-hydroxylation sites is 1. The Morgan fingerprint density at radius 2 is 1.88 bits per heavy atom.